The van der Waals surface area contributed by atoms with Gasteiger partial charge in [-0.15, -0.1) is 0 Å². The molecule has 140 valence electrons. The van der Waals surface area contributed by atoms with Crippen molar-refractivity contribution in [2.75, 3.05) is 15.9 Å². The Bertz CT molecular complexity index is 945. The van der Waals surface area contributed by atoms with Crippen LogP contribution in [0, 0.1) is 25.5 Å². The minimum Gasteiger partial charge on any atom is -0.324 e. The number of hydrogen-bond acceptors (Lipinski definition) is 3. The van der Waals surface area contributed by atoms with Gasteiger partial charge in [0.25, 0.3) is 0 Å². The van der Waals surface area contributed by atoms with E-state index in [4.69, 9.17) is 0 Å². The van der Waals surface area contributed by atoms with Gasteiger partial charge in [0.15, 0.2) is 11.6 Å². The van der Waals surface area contributed by atoms with E-state index >= 15 is 0 Å². The van der Waals surface area contributed by atoms with Crippen molar-refractivity contribution in [2.45, 2.75) is 26.8 Å². The number of halogens is 2. The molecule has 0 aliphatic heterocycles. The first-order chi connectivity index (χ1) is 12.0. The highest BCUT2D eigenvalue weighted by Crippen LogP contribution is 2.24. The van der Waals surface area contributed by atoms with Crippen LogP contribution in [0.4, 0.5) is 20.2 Å². The number of carbonyl (C=O) groups is 1. The van der Waals surface area contributed by atoms with Crippen molar-refractivity contribution in [2.24, 2.45) is 0 Å². The molecule has 1 amide bonds. The highest BCUT2D eigenvalue weighted by molar-refractivity contribution is 7.92. The summed E-state index contributed by atoms with van der Waals surface area (Å²) in [5.74, 6) is -2.89. The number of nitrogens with zero attached hydrogens (tertiary/aromatic N) is 1. The van der Waals surface area contributed by atoms with Gasteiger partial charge < -0.3 is 5.32 Å². The van der Waals surface area contributed by atoms with Crippen LogP contribution in [0.25, 0.3) is 0 Å². The molecule has 8 heteroatoms. The third-order valence-corrected chi connectivity index (χ3v) is 5.35. The van der Waals surface area contributed by atoms with E-state index in [0.717, 1.165) is 39.9 Å². The van der Waals surface area contributed by atoms with Crippen LogP contribution in [0.3, 0.4) is 0 Å². The van der Waals surface area contributed by atoms with Crippen molar-refractivity contribution < 1.29 is 22.0 Å². The number of aryl methyl sites for hydroxylation is 1. The zero-order valence-corrected chi connectivity index (χ0v) is 15.7. The van der Waals surface area contributed by atoms with Gasteiger partial charge in [0, 0.05) is 11.8 Å². The van der Waals surface area contributed by atoms with Crippen molar-refractivity contribution in [3.05, 3.63) is 59.2 Å². The Kier molecular flexibility index (Phi) is 5.65. The van der Waals surface area contributed by atoms with Crippen molar-refractivity contribution in [1.82, 2.24) is 0 Å². The first-order valence-electron chi connectivity index (χ1n) is 7.84. The van der Waals surface area contributed by atoms with Gasteiger partial charge in [-0.05, 0) is 50.1 Å². The van der Waals surface area contributed by atoms with Gasteiger partial charge in [-0.25, -0.2) is 17.2 Å². The molecule has 1 atom stereocenters. The predicted octanol–water partition coefficient (Wildman–Crippen LogP) is 3.37. The maximum absolute atomic E-state index is 13.5. The van der Waals surface area contributed by atoms with Crippen LogP contribution in [-0.4, -0.2) is 26.6 Å². The Hall–Kier alpha value is -2.48. The smallest absolute Gasteiger partial charge is 0.248 e. The Balaban J connectivity index is 2.37. The minimum atomic E-state index is -3.92. The lowest BCUT2D eigenvalue weighted by molar-refractivity contribution is -0.116. The molecule has 0 saturated carbocycles. The van der Waals surface area contributed by atoms with E-state index in [1.165, 1.54) is 6.92 Å². The van der Waals surface area contributed by atoms with Crippen molar-refractivity contribution >= 4 is 27.3 Å². The second kappa shape index (κ2) is 7.41. The number of nitrogens with one attached hydrogen (secondary N) is 1. The normalized spacial score (nSPS) is 12.5. The zero-order valence-electron chi connectivity index (χ0n) is 14.9. The molecule has 1 N–H and O–H groups in total. The lowest BCUT2D eigenvalue weighted by Crippen LogP contribution is -2.45. The molecule has 2 aromatic carbocycles. The van der Waals surface area contributed by atoms with Gasteiger partial charge in [-0.3, -0.25) is 9.10 Å². The van der Waals surface area contributed by atoms with Crippen molar-refractivity contribution in [1.29, 1.82) is 0 Å². The molecule has 2 rings (SSSR count). The number of sulfonamides is 1. The number of anilines is 2. The first-order valence-corrected chi connectivity index (χ1v) is 9.68. The van der Waals surface area contributed by atoms with Crippen LogP contribution in [-0.2, 0) is 14.8 Å². The fourth-order valence-electron chi connectivity index (χ4n) is 2.55. The molecule has 0 aliphatic rings. The maximum atomic E-state index is 13.5. The second-order valence-electron chi connectivity index (χ2n) is 6.07. The van der Waals surface area contributed by atoms with E-state index < -0.39 is 33.6 Å². The third kappa shape index (κ3) is 4.19. The summed E-state index contributed by atoms with van der Waals surface area (Å²) >= 11 is 0. The van der Waals surface area contributed by atoms with Gasteiger partial charge in [0.1, 0.15) is 6.04 Å². The van der Waals surface area contributed by atoms with Gasteiger partial charge in [-0.2, -0.15) is 0 Å². The predicted molar refractivity (Wildman–Crippen MR) is 97.7 cm³/mol. The van der Waals surface area contributed by atoms with E-state index in [2.05, 4.69) is 5.32 Å². The summed E-state index contributed by atoms with van der Waals surface area (Å²) in [6, 6.07) is 6.87. The summed E-state index contributed by atoms with van der Waals surface area (Å²) in [6.45, 7) is 5.10. The number of rotatable bonds is 5. The molecule has 0 bridgehead atoms. The largest absolute Gasteiger partial charge is 0.324 e. The van der Waals surface area contributed by atoms with Crippen LogP contribution in [0.5, 0.6) is 0 Å². The number of hydrogen-bond donors (Lipinski definition) is 1. The second-order valence-corrected chi connectivity index (χ2v) is 7.93. The van der Waals surface area contributed by atoms with Crippen LogP contribution in [0.15, 0.2) is 36.4 Å². The fraction of sp³-hybridized carbons (Fsp3) is 0.278. The van der Waals surface area contributed by atoms with Gasteiger partial charge in [-0.1, -0.05) is 12.1 Å². The van der Waals surface area contributed by atoms with E-state index in [9.17, 15) is 22.0 Å². The van der Waals surface area contributed by atoms with Gasteiger partial charge in [0.05, 0.1) is 11.9 Å². The van der Waals surface area contributed by atoms with Crippen molar-refractivity contribution in [3.8, 4) is 0 Å². The Morgan fingerprint density at radius 2 is 1.77 bits per heavy atom. The average molecular weight is 382 g/mol. The topological polar surface area (TPSA) is 66.5 Å². The zero-order chi connectivity index (χ0) is 19.6. The molecule has 0 heterocycles. The molecule has 5 nitrogen and oxygen atoms in total. The molecule has 0 fully saturated rings. The lowest BCUT2D eigenvalue weighted by atomic mass is 10.1. The summed E-state index contributed by atoms with van der Waals surface area (Å²) in [6.07, 6.45) is 0.899. The Morgan fingerprint density at radius 1 is 1.12 bits per heavy atom. The van der Waals surface area contributed by atoms with Crippen molar-refractivity contribution in [3.63, 3.8) is 0 Å². The fourth-order valence-corrected chi connectivity index (χ4v) is 3.72. The van der Waals surface area contributed by atoms with Crippen LogP contribution >= 0.6 is 0 Å². The number of carbonyl (C=O) groups excluding carboxylic acids is 1. The van der Waals surface area contributed by atoms with Gasteiger partial charge in [0.2, 0.25) is 15.9 Å². The summed E-state index contributed by atoms with van der Waals surface area (Å²) in [4.78, 5) is 12.6. The molecule has 0 radical (unpaired) electrons. The van der Waals surface area contributed by atoms with E-state index in [1.54, 1.807) is 12.1 Å². The first kappa shape index (κ1) is 19.8. The van der Waals surface area contributed by atoms with E-state index in [1.807, 2.05) is 19.9 Å². The standard InChI is InChI=1S/C18H20F2N2O3S/c1-11-6-5-7-17(12(11)2)21-18(23)13(3)22(26(4,24)25)14-8-9-15(19)16(20)10-14/h5-10,13H,1-4H3,(H,21,23)/t13-/m0/s1. The Morgan fingerprint density at radius 3 is 2.35 bits per heavy atom. The Labute approximate surface area is 151 Å². The number of benzene rings is 2. The minimum absolute atomic E-state index is 0.130. The lowest BCUT2D eigenvalue weighted by Gasteiger charge is -2.28. The number of amides is 1. The molecular weight excluding hydrogens is 362 g/mol. The van der Waals surface area contributed by atoms with Crippen LogP contribution < -0.4 is 9.62 Å². The summed E-state index contributed by atoms with van der Waals surface area (Å²) in [5.41, 5.74) is 2.25. The summed E-state index contributed by atoms with van der Waals surface area (Å²) in [7, 11) is -3.92. The SMILES string of the molecule is Cc1cccc(NC(=O)[C@H](C)N(c2ccc(F)c(F)c2)S(C)(=O)=O)c1C. The highest BCUT2D eigenvalue weighted by atomic mass is 32.2. The molecule has 0 aromatic heterocycles. The quantitative estimate of drug-likeness (QED) is 0.862. The summed E-state index contributed by atoms with van der Waals surface area (Å²) in [5, 5.41) is 2.69. The molecule has 2 aromatic rings. The van der Waals surface area contributed by atoms with E-state index in [-0.39, 0.29) is 5.69 Å². The van der Waals surface area contributed by atoms with Crippen LogP contribution in [0.2, 0.25) is 0 Å². The molecule has 0 aliphatic carbocycles. The molecular formula is C18H20F2N2O3S. The molecule has 26 heavy (non-hydrogen) atoms. The van der Waals surface area contributed by atoms with Crippen LogP contribution in [0.1, 0.15) is 18.1 Å². The third-order valence-electron chi connectivity index (χ3n) is 4.11. The average Bonchev–Trinajstić information content (AvgIpc) is 2.54. The highest BCUT2D eigenvalue weighted by Gasteiger charge is 2.30. The van der Waals surface area contributed by atoms with Gasteiger partial charge >= 0.3 is 0 Å². The molecule has 0 saturated heterocycles. The monoisotopic (exact) mass is 382 g/mol. The molecule has 0 unspecified atom stereocenters. The molecule has 0 spiro atoms. The summed E-state index contributed by atoms with van der Waals surface area (Å²) < 4.78 is 51.8. The van der Waals surface area contributed by atoms with E-state index in [0.29, 0.717) is 5.69 Å². The maximum Gasteiger partial charge on any atom is 0.248 e.